The van der Waals surface area contributed by atoms with Crippen LogP contribution in [0.5, 0.6) is 0 Å². The van der Waals surface area contributed by atoms with E-state index in [-0.39, 0.29) is 17.9 Å². The summed E-state index contributed by atoms with van der Waals surface area (Å²) in [5.41, 5.74) is 4.59. The fourth-order valence-corrected chi connectivity index (χ4v) is 6.98. The molecular weight excluding hydrogens is 617 g/mol. The summed E-state index contributed by atoms with van der Waals surface area (Å²) in [5.74, 6) is -0.777. The van der Waals surface area contributed by atoms with E-state index >= 15 is 0 Å². The molecule has 9 atom stereocenters. The second-order valence-corrected chi connectivity index (χ2v) is 14.5. The van der Waals surface area contributed by atoms with Gasteiger partial charge in [-0.2, -0.15) is 0 Å². The maximum Gasteiger partial charge on any atom is 0.245 e. The van der Waals surface area contributed by atoms with E-state index in [1.807, 2.05) is 44.7 Å². The number of halogens is 1. The van der Waals surface area contributed by atoms with Crippen LogP contribution in [-0.2, 0) is 19.1 Å². The summed E-state index contributed by atoms with van der Waals surface area (Å²) >= 11 is 0. The van der Waals surface area contributed by atoms with Crippen molar-refractivity contribution >= 4 is 23.0 Å². The molecule has 2 aromatic rings. The van der Waals surface area contributed by atoms with Crippen LogP contribution in [0, 0.1) is 18.2 Å². The molecule has 2 fully saturated rings. The van der Waals surface area contributed by atoms with Crippen LogP contribution in [0.25, 0.3) is 11.1 Å². The molecule has 262 valence electrons. The van der Waals surface area contributed by atoms with Gasteiger partial charge in [-0.05, 0) is 92.5 Å². The fraction of sp³-hybridized carbons (Fsp3) is 0.568. The predicted molar refractivity (Wildman–Crippen MR) is 180 cm³/mol. The van der Waals surface area contributed by atoms with Gasteiger partial charge in [0.25, 0.3) is 0 Å². The minimum absolute atomic E-state index is 0.138. The first-order chi connectivity index (χ1) is 22.6. The molecule has 0 saturated carbocycles. The Kier molecular flexibility index (Phi) is 10.8. The highest BCUT2D eigenvalue weighted by Crippen LogP contribution is 2.51. The summed E-state index contributed by atoms with van der Waals surface area (Å²) in [6, 6.07) is 10.7. The van der Waals surface area contributed by atoms with Crippen molar-refractivity contribution in [2.75, 3.05) is 13.6 Å². The van der Waals surface area contributed by atoms with Crippen LogP contribution in [0.15, 0.2) is 42.5 Å². The Balaban J connectivity index is 1.55. The van der Waals surface area contributed by atoms with Crippen LogP contribution in [0.1, 0.15) is 82.2 Å². The Labute approximate surface area is 282 Å². The van der Waals surface area contributed by atoms with Gasteiger partial charge in [0, 0.05) is 12.6 Å². The largest absolute Gasteiger partial charge is 0.388 e. The second kappa shape index (κ2) is 14.3. The van der Waals surface area contributed by atoms with Crippen LogP contribution >= 0.6 is 0 Å². The van der Waals surface area contributed by atoms with E-state index in [0.29, 0.717) is 18.5 Å². The molecule has 2 unspecified atom stereocenters. The molecule has 2 amide bonds. The number of nitrogens with one attached hydrogen (secondary N) is 2. The van der Waals surface area contributed by atoms with E-state index in [1.54, 1.807) is 33.0 Å². The predicted octanol–water partition coefficient (Wildman–Crippen LogP) is 3.46. The first kappa shape index (κ1) is 36.1. The number of aliphatic hydroxyl groups is 3. The maximum absolute atomic E-state index is 14.3. The SMILES string of the molecule is CN[C@@H](C)C(=O)N[C@H](C(=O)N1CCC[C@H]1CC1=C(c2ccc(F)cc2)C(OC2O[C@@H](C)[C@@H](O)[C@@H](O)[C@@H]2O)c2ccc(C)cc21)C(C)(C)C. The van der Waals surface area contributed by atoms with Gasteiger partial charge in [0.15, 0.2) is 6.29 Å². The van der Waals surface area contributed by atoms with Gasteiger partial charge in [0.05, 0.1) is 12.1 Å². The number of amides is 2. The van der Waals surface area contributed by atoms with Crippen molar-refractivity contribution in [1.29, 1.82) is 0 Å². The summed E-state index contributed by atoms with van der Waals surface area (Å²) in [4.78, 5) is 29.1. The summed E-state index contributed by atoms with van der Waals surface area (Å²) in [6.45, 7) is 11.7. The van der Waals surface area contributed by atoms with Crippen molar-refractivity contribution in [2.45, 2.75) is 116 Å². The zero-order chi connectivity index (χ0) is 35.1. The summed E-state index contributed by atoms with van der Waals surface area (Å²) in [6.07, 6.45) is -5.05. The summed E-state index contributed by atoms with van der Waals surface area (Å²) < 4.78 is 26.6. The molecule has 5 N–H and O–H groups in total. The lowest BCUT2D eigenvalue weighted by Gasteiger charge is -2.40. The van der Waals surface area contributed by atoms with E-state index in [4.69, 9.17) is 9.47 Å². The van der Waals surface area contributed by atoms with E-state index < -0.39 is 60.1 Å². The van der Waals surface area contributed by atoms with Crippen LogP contribution in [0.4, 0.5) is 4.39 Å². The lowest BCUT2D eigenvalue weighted by atomic mass is 9.85. The highest BCUT2D eigenvalue weighted by atomic mass is 19.1. The van der Waals surface area contributed by atoms with Gasteiger partial charge in [-0.25, -0.2) is 4.39 Å². The average Bonchev–Trinajstić information content (AvgIpc) is 3.62. The number of hydrogen-bond donors (Lipinski definition) is 5. The van der Waals surface area contributed by atoms with E-state index in [0.717, 1.165) is 40.7 Å². The molecule has 10 nitrogen and oxygen atoms in total. The lowest BCUT2D eigenvalue weighted by Crippen LogP contribution is -2.58. The third-order valence-electron chi connectivity index (χ3n) is 9.96. The number of aryl methyl sites for hydroxylation is 1. The van der Waals surface area contributed by atoms with Gasteiger partial charge in [-0.1, -0.05) is 56.7 Å². The lowest BCUT2D eigenvalue weighted by molar-refractivity contribution is -0.299. The maximum atomic E-state index is 14.3. The number of benzene rings is 2. The highest BCUT2D eigenvalue weighted by molar-refractivity contribution is 5.99. The average molecular weight is 668 g/mol. The number of aliphatic hydroxyl groups excluding tert-OH is 3. The number of hydrogen-bond acceptors (Lipinski definition) is 8. The standard InChI is InChI=1S/C37H50FN3O7/c1-19-10-15-25-26(17-19)27(18-24-9-8-16-41(24)35(46)33(37(4,5)6)40-34(45)20(2)39-7)28(22-11-13-23(38)14-12-22)32(25)48-36-31(44)30(43)29(42)21(3)47-36/h10-15,17,20-21,24,29-33,36,39,42-44H,8-9,16,18H2,1-7H3,(H,40,45)/t20-,21-,24-,29+,30+,31-,32?,33+,36?/m0/s1. The molecule has 11 heteroatoms. The molecule has 1 aliphatic carbocycles. The third kappa shape index (κ3) is 7.22. The smallest absolute Gasteiger partial charge is 0.245 e. The minimum atomic E-state index is -1.51. The number of carbonyl (C=O) groups excluding carboxylic acids is 2. The number of rotatable bonds is 9. The minimum Gasteiger partial charge on any atom is -0.388 e. The van der Waals surface area contributed by atoms with Crippen molar-refractivity contribution in [2.24, 2.45) is 5.41 Å². The summed E-state index contributed by atoms with van der Waals surface area (Å²) in [5, 5.41) is 37.7. The van der Waals surface area contributed by atoms with Crippen LogP contribution in [0.2, 0.25) is 0 Å². The van der Waals surface area contributed by atoms with Crippen LogP contribution in [0.3, 0.4) is 0 Å². The molecule has 0 spiro atoms. The Morgan fingerprint density at radius 2 is 1.77 bits per heavy atom. The molecule has 2 aliphatic heterocycles. The van der Waals surface area contributed by atoms with Gasteiger partial charge in [-0.3, -0.25) is 9.59 Å². The first-order valence-electron chi connectivity index (χ1n) is 16.9. The molecular formula is C37H50FN3O7. The summed E-state index contributed by atoms with van der Waals surface area (Å²) in [7, 11) is 1.70. The van der Waals surface area contributed by atoms with Crippen LogP contribution in [-0.4, -0.2) is 94.5 Å². The quantitative estimate of drug-likeness (QED) is 0.274. The van der Waals surface area contributed by atoms with Gasteiger partial charge in [0.1, 0.15) is 36.3 Å². The molecule has 2 saturated heterocycles. The monoisotopic (exact) mass is 667 g/mol. The fourth-order valence-electron chi connectivity index (χ4n) is 6.98. The molecule has 48 heavy (non-hydrogen) atoms. The Bertz CT molecular complexity index is 1520. The van der Waals surface area contributed by atoms with E-state index in [1.165, 1.54) is 12.1 Å². The van der Waals surface area contributed by atoms with Crippen molar-refractivity contribution in [1.82, 2.24) is 15.5 Å². The molecule has 0 radical (unpaired) electrons. The molecule has 0 bridgehead atoms. The number of fused-ring (bicyclic) bond motifs is 1. The van der Waals surface area contributed by atoms with Gasteiger partial charge in [-0.15, -0.1) is 0 Å². The molecule has 3 aliphatic rings. The zero-order valence-electron chi connectivity index (χ0n) is 28.9. The van der Waals surface area contributed by atoms with Gasteiger partial charge < -0.3 is 40.3 Å². The number of likely N-dealkylation sites (tertiary alicyclic amines) is 1. The van der Waals surface area contributed by atoms with Crippen molar-refractivity contribution in [3.8, 4) is 0 Å². The number of nitrogens with zero attached hydrogens (tertiary/aromatic N) is 1. The second-order valence-electron chi connectivity index (χ2n) is 14.5. The zero-order valence-corrected chi connectivity index (χ0v) is 28.9. The molecule has 2 heterocycles. The van der Waals surface area contributed by atoms with Crippen LogP contribution < -0.4 is 10.6 Å². The normalized spacial score (nSPS) is 28.7. The number of likely N-dealkylation sites (N-methyl/N-ethyl adjacent to an activating group) is 1. The molecule has 5 rings (SSSR count). The van der Waals surface area contributed by atoms with Crippen molar-refractivity contribution in [3.63, 3.8) is 0 Å². The number of ether oxygens (including phenoxy) is 2. The van der Waals surface area contributed by atoms with Crippen molar-refractivity contribution < 1.29 is 38.8 Å². The highest BCUT2D eigenvalue weighted by Gasteiger charge is 2.46. The van der Waals surface area contributed by atoms with Gasteiger partial charge in [0.2, 0.25) is 11.8 Å². The van der Waals surface area contributed by atoms with E-state index in [9.17, 15) is 29.3 Å². The van der Waals surface area contributed by atoms with Crippen molar-refractivity contribution in [3.05, 3.63) is 70.5 Å². The Hall–Kier alpha value is -3.19. The van der Waals surface area contributed by atoms with E-state index in [2.05, 4.69) is 16.7 Å². The topological polar surface area (TPSA) is 141 Å². The number of carbonyl (C=O) groups is 2. The third-order valence-corrected chi connectivity index (χ3v) is 9.96. The Morgan fingerprint density at radius 1 is 1.08 bits per heavy atom. The molecule has 0 aromatic heterocycles. The Morgan fingerprint density at radius 3 is 2.42 bits per heavy atom. The molecule has 2 aromatic carbocycles. The van der Waals surface area contributed by atoms with Gasteiger partial charge >= 0.3 is 0 Å². The first-order valence-corrected chi connectivity index (χ1v) is 16.9.